The summed E-state index contributed by atoms with van der Waals surface area (Å²) in [6.07, 6.45) is -2.51. The number of anilines is 1. The lowest BCUT2D eigenvalue weighted by Crippen LogP contribution is -2.41. The van der Waals surface area contributed by atoms with E-state index in [1.54, 1.807) is 11.4 Å². The number of rotatable bonds is 6. The molecule has 0 saturated heterocycles. The molecule has 2 N–H and O–H groups in total. The highest BCUT2D eigenvalue weighted by Crippen LogP contribution is 2.21. The van der Waals surface area contributed by atoms with E-state index < -0.39 is 24.8 Å². The number of nitrogens with one attached hydrogen (secondary N) is 2. The minimum Gasteiger partial charge on any atom is -0.385 e. The van der Waals surface area contributed by atoms with Gasteiger partial charge < -0.3 is 10.6 Å². The molecule has 1 heterocycles. The zero-order valence-electron chi connectivity index (χ0n) is 10.1. The molecule has 0 fully saturated rings. The summed E-state index contributed by atoms with van der Waals surface area (Å²) in [6.45, 7) is 1.01. The van der Waals surface area contributed by atoms with E-state index in [1.165, 1.54) is 12.3 Å². The Kier molecular flexibility index (Phi) is 5.08. The van der Waals surface area contributed by atoms with E-state index in [4.69, 9.17) is 0 Å². The molecule has 106 valence electrons. The molecule has 4 nitrogen and oxygen atoms in total. The number of carbonyl (C=O) groups is 1. The van der Waals surface area contributed by atoms with Crippen molar-refractivity contribution in [1.82, 2.24) is 10.3 Å². The Morgan fingerprint density at radius 1 is 1.47 bits per heavy atom. The fourth-order valence-corrected chi connectivity index (χ4v) is 1.23. The zero-order chi connectivity index (χ0) is 14.5. The molecular weight excluding hydrogens is 266 g/mol. The van der Waals surface area contributed by atoms with Crippen molar-refractivity contribution in [3.05, 3.63) is 24.0 Å². The lowest BCUT2D eigenvalue weighted by molar-refractivity contribution is -0.123. The first-order chi connectivity index (χ1) is 8.86. The van der Waals surface area contributed by atoms with E-state index in [0.29, 0.717) is 12.2 Å². The third-order valence-electron chi connectivity index (χ3n) is 2.18. The monoisotopic (exact) mass is 279 g/mol. The van der Waals surface area contributed by atoms with Crippen molar-refractivity contribution in [2.45, 2.75) is 19.3 Å². The van der Waals surface area contributed by atoms with Crippen LogP contribution in [0.3, 0.4) is 0 Å². The van der Waals surface area contributed by atoms with E-state index in [0.717, 1.165) is 0 Å². The van der Waals surface area contributed by atoms with E-state index in [9.17, 15) is 22.4 Å². The zero-order valence-corrected chi connectivity index (χ0v) is 10.1. The maximum absolute atomic E-state index is 12.6. The van der Waals surface area contributed by atoms with Gasteiger partial charge in [-0.3, -0.25) is 9.78 Å². The molecule has 8 heteroatoms. The molecule has 1 amide bonds. The van der Waals surface area contributed by atoms with Gasteiger partial charge >= 0.3 is 12.3 Å². The molecule has 0 aromatic carbocycles. The number of aromatic nitrogens is 1. The van der Waals surface area contributed by atoms with Crippen molar-refractivity contribution in [2.75, 3.05) is 18.4 Å². The number of carbonyl (C=O) groups excluding carboxylic acids is 1. The second-order valence-corrected chi connectivity index (χ2v) is 3.70. The van der Waals surface area contributed by atoms with E-state index >= 15 is 0 Å². The van der Waals surface area contributed by atoms with Crippen molar-refractivity contribution < 1.29 is 22.4 Å². The van der Waals surface area contributed by atoms with E-state index in [1.807, 2.05) is 6.92 Å². The fourth-order valence-electron chi connectivity index (χ4n) is 1.23. The summed E-state index contributed by atoms with van der Waals surface area (Å²) >= 11 is 0. The first-order valence-electron chi connectivity index (χ1n) is 5.51. The number of hydrogen-bond donors (Lipinski definition) is 2. The number of hydrogen-bond acceptors (Lipinski definition) is 3. The summed E-state index contributed by atoms with van der Waals surface area (Å²) < 4.78 is 49.1. The lowest BCUT2D eigenvalue weighted by atomic mass is 10.3. The molecule has 0 spiro atoms. The van der Waals surface area contributed by atoms with Gasteiger partial charge in [0.2, 0.25) is 0 Å². The molecular formula is C11H13F4N3O. The van der Waals surface area contributed by atoms with Crippen molar-refractivity contribution >= 4 is 11.6 Å². The normalized spacial score (nSPS) is 11.5. The first kappa shape index (κ1) is 15.2. The quantitative estimate of drug-likeness (QED) is 0.784. The van der Waals surface area contributed by atoms with Crippen LogP contribution in [0.25, 0.3) is 0 Å². The van der Waals surface area contributed by atoms with Crippen LogP contribution in [0.4, 0.5) is 23.2 Å². The largest absolute Gasteiger partial charge is 0.385 e. The van der Waals surface area contributed by atoms with Gasteiger partial charge in [-0.1, -0.05) is 0 Å². The fraction of sp³-hybridized carbons (Fsp3) is 0.455. The smallest absolute Gasteiger partial charge is 0.324 e. The van der Waals surface area contributed by atoms with Crippen LogP contribution in [0.5, 0.6) is 0 Å². The second-order valence-electron chi connectivity index (χ2n) is 3.70. The van der Waals surface area contributed by atoms with Crippen molar-refractivity contribution in [1.29, 1.82) is 0 Å². The van der Waals surface area contributed by atoms with Crippen LogP contribution in [0.2, 0.25) is 0 Å². The molecule has 0 saturated carbocycles. The summed E-state index contributed by atoms with van der Waals surface area (Å²) in [7, 11) is 0. The van der Waals surface area contributed by atoms with Gasteiger partial charge in [-0.2, -0.15) is 8.78 Å². The molecule has 0 aliphatic rings. The highest BCUT2D eigenvalue weighted by atomic mass is 19.3. The van der Waals surface area contributed by atoms with Gasteiger partial charge in [0, 0.05) is 18.4 Å². The molecule has 0 aliphatic carbocycles. The summed E-state index contributed by atoms with van der Waals surface area (Å²) in [5, 5.41) is 4.64. The lowest BCUT2D eigenvalue weighted by Gasteiger charge is -2.15. The van der Waals surface area contributed by atoms with Gasteiger partial charge in [0.15, 0.2) is 0 Å². The third-order valence-corrected chi connectivity index (χ3v) is 2.18. The Labute approximate surface area is 107 Å². The average Bonchev–Trinajstić information content (AvgIpc) is 2.36. The number of amides is 1. The Bertz CT molecular complexity index is 440. The molecule has 0 aliphatic heterocycles. The number of alkyl halides is 4. The number of nitrogens with zero attached hydrogens (tertiary/aromatic N) is 1. The van der Waals surface area contributed by atoms with Crippen molar-refractivity contribution in [2.24, 2.45) is 0 Å². The summed E-state index contributed by atoms with van der Waals surface area (Å²) in [6, 6.07) is 2.94. The molecule has 19 heavy (non-hydrogen) atoms. The minimum atomic E-state index is -4.26. The van der Waals surface area contributed by atoms with Crippen LogP contribution in [0.1, 0.15) is 17.4 Å². The van der Waals surface area contributed by atoms with Crippen LogP contribution < -0.4 is 10.6 Å². The highest BCUT2D eigenvalue weighted by Gasteiger charge is 2.40. The summed E-state index contributed by atoms with van der Waals surface area (Å²) in [5.74, 6) is -5.19. The van der Waals surface area contributed by atoms with Crippen LogP contribution in [0.15, 0.2) is 18.3 Å². The number of pyridine rings is 1. The van der Waals surface area contributed by atoms with Crippen LogP contribution >= 0.6 is 0 Å². The second kappa shape index (κ2) is 6.35. The summed E-state index contributed by atoms with van der Waals surface area (Å²) in [5.41, 5.74) is 0.465. The Morgan fingerprint density at radius 3 is 2.74 bits per heavy atom. The van der Waals surface area contributed by atoms with Crippen molar-refractivity contribution in [3.63, 3.8) is 0 Å². The predicted octanol–water partition coefficient (Wildman–Crippen LogP) is 2.14. The molecule has 1 aromatic rings. The van der Waals surface area contributed by atoms with Gasteiger partial charge in [-0.25, -0.2) is 8.78 Å². The standard InChI is InChI=1S/C11H13F4N3O/c1-2-16-7-3-4-17-8(5-7)9(19)18-6-11(14,15)10(12)13/h3-5,10H,2,6H2,1H3,(H,16,17)(H,18,19). The Balaban J connectivity index is 2.66. The van der Waals surface area contributed by atoms with Gasteiger partial charge in [-0.15, -0.1) is 0 Å². The molecule has 0 atom stereocenters. The molecule has 0 bridgehead atoms. The third kappa shape index (κ3) is 4.38. The summed E-state index contributed by atoms with van der Waals surface area (Å²) in [4.78, 5) is 15.2. The van der Waals surface area contributed by atoms with Crippen LogP contribution in [-0.2, 0) is 0 Å². The topological polar surface area (TPSA) is 54.0 Å². The molecule has 1 rings (SSSR count). The van der Waals surface area contributed by atoms with Crippen molar-refractivity contribution in [3.8, 4) is 0 Å². The maximum atomic E-state index is 12.6. The molecule has 0 radical (unpaired) electrons. The number of halogens is 4. The van der Waals surface area contributed by atoms with Gasteiger partial charge in [0.05, 0.1) is 6.54 Å². The van der Waals surface area contributed by atoms with Crippen LogP contribution in [-0.4, -0.2) is 36.3 Å². The molecule has 0 unspecified atom stereocenters. The van der Waals surface area contributed by atoms with Gasteiger partial charge in [0.25, 0.3) is 5.91 Å². The Morgan fingerprint density at radius 2 is 2.16 bits per heavy atom. The molecule has 1 aromatic heterocycles. The van der Waals surface area contributed by atoms with E-state index in [-0.39, 0.29) is 5.69 Å². The maximum Gasteiger partial charge on any atom is 0.324 e. The van der Waals surface area contributed by atoms with Crippen LogP contribution in [0, 0.1) is 0 Å². The predicted molar refractivity (Wildman–Crippen MR) is 61.7 cm³/mol. The highest BCUT2D eigenvalue weighted by molar-refractivity contribution is 5.93. The SMILES string of the molecule is CCNc1ccnc(C(=O)NCC(F)(F)C(F)F)c1. The average molecular weight is 279 g/mol. The Hall–Kier alpha value is -1.86. The van der Waals surface area contributed by atoms with Gasteiger partial charge in [-0.05, 0) is 19.1 Å². The first-order valence-corrected chi connectivity index (χ1v) is 5.51. The van der Waals surface area contributed by atoms with Gasteiger partial charge in [0.1, 0.15) is 5.69 Å². The van der Waals surface area contributed by atoms with E-state index in [2.05, 4.69) is 10.3 Å². The minimum absolute atomic E-state index is 0.122.